The van der Waals surface area contributed by atoms with E-state index in [2.05, 4.69) is 15.0 Å². The molecule has 4 nitrogen and oxygen atoms in total. The van der Waals surface area contributed by atoms with E-state index in [4.69, 9.17) is 5.73 Å². The van der Waals surface area contributed by atoms with Gasteiger partial charge in [-0.05, 0) is 23.9 Å². The minimum absolute atomic E-state index is 0. The van der Waals surface area contributed by atoms with Crippen molar-refractivity contribution in [3.63, 3.8) is 0 Å². The molecule has 0 atom stereocenters. The van der Waals surface area contributed by atoms with Crippen molar-refractivity contribution in [3.8, 4) is 5.75 Å². The number of nitrogens with one attached hydrogen (secondary N) is 1. The number of nitrogens with zero attached hydrogens (tertiary/aromatic N) is 1. The zero-order valence-corrected chi connectivity index (χ0v) is 15.7. The van der Waals surface area contributed by atoms with E-state index in [9.17, 15) is 13.2 Å². The minimum Gasteiger partial charge on any atom is -0.405 e. The Morgan fingerprint density at radius 2 is 1.96 bits per heavy atom. The van der Waals surface area contributed by atoms with Crippen LogP contribution in [0.3, 0.4) is 0 Å². The van der Waals surface area contributed by atoms with E-state index in [-0.39, 0.29) is 42.2 Å². The second kappa shape index (κ2) is 9.72. The number of alkyl halides is 3. The average Bonchev–Trinajstić information content (AvgIpc) is 2.98. The standard InChI is InChI=1S/C15H16F3N3OS.HI/c16-15(17,18)22-13-6-2-1-4-11(13)10-21-14(19)20-8-7-12-5-3-9-23-12;/h1-6,9H,7-8,10H2,(H3,19,20,21);1H. The molecule has 24 heavy (non-hydrogen) atoms. The van der Waals surface area contributed by atoms with E-state index in [1.165, 1.54) is 23.1 Å². The summed E-state index contributed by atoms with van der Waals surface area (Å²) in [5.74, 6) is -0.0847. The van der Waals surface area contributed by atoms with Gasteiger partial charge >= 0.3 is 6.36 Å². The summed E-state index contributed by atoms with van der Waals surface area (Å²) in [5, 5.41) is 4.92. The van der Waals surface area contributed by atoms with E-state index < -0.39 is 6.36 Å². The van der Waals surface area contributed by atoms with Gasteiger partial charge in [-0.25, -0.2) is 4.99 Å². The maximum Gasteiger partial charge on any atom is 0.573 e. The number of ether oxygens (including phenoxy) is 1. The van der Waals surface area contributed by atoms with E-state index in [0.717, 1.165) is 6.42 Å². The molecule has 0 aliphatic rings. The summed E-state index contributed by atoms with van der Waals surface area (Å²) in [6.07, 6.45) is -3.92. The van der Waals surface area contributed by atoms with E-state index in [1.807, 2.05) is 17.5 Å². The summed E-state index contributed by atoms with van der Waals surface area (Å²) in [7, 11) is 0. The van der Waals surface area contributed by atoms with Gasteiger partial charge in [0.1, 0.15) is 5.75 Å². The molecule has 0 spiro atoms. The Kier molecular flexibility index (Phi) is 8.32. The van der Waals surface area contributed by atoms with Crippen LogP contribution in [-0.2, 0) is 13.0 Å². The number of para-hydroxylation sites is 1. The first-order valence-corrected chi connectivity index (χ1v) is 7.72. The summed E-state index contributed by atoms with van der Waals surface area (Å²) in [4.78, 5) is 5.26. The maximum atomic E-state index is 12.3. The Balaban J connectivity index is 0.00000288. The molecule has 0 aliphatic heterocycles. The third kappa shape index (κ3) is 7.39. The van der Waals surface area contributed by atoms with Crippen LogP contribution >= 0.6 is 35.3 Å². The summed E-state index contributed by atoms with van der Waals surface area (Å²) in [6, 6.07) is 9.84. The second-order valence-electron chi connectivity index (χ2n) is 4.61. The maximum absolute atomic E-state index is 12.3. The van der Waals surface area contributed by atoms with Gasteiger partial charge in [-0.3, -0.25) is 0 Å². The quantitative estimate of drug-likeness (QED) is 0.382. The molecular formula is C15H17F3IN3OS. The monoisotopic (exact) mass is 471 g/mol. The lowest BCUT2D eigenvalue weighted by Gasteiger charge is -2.12. The lowest BCUT2D eigenvalue weighted by atomic mass is 10.2. The lowest BCUT2D eigenvalue weighted by molar-refractivity contribution is -0.274. The van der Waals surface area contributed by atoms with Gasteiger partial charge in [0.2, 0.25) is 0 Å². The van der Waals surface area contributed by atoms with Crippen molar-refractivity contribution in [2.75, 3.05) is 6.54 Å². The molecule has 9 heteroatoms. The van der Waals surface area contributed by atoms with Crippen LogP contribution in [0.25, 0.3) is 0 Å². The molecule has 0 radical (unpaired) electrons. The number of rotatable bonds is 6. The van der Waals surface area contributed by atoms with E-state index >= 15 is 0 Å². The number of guanidine groups is 1. The predicted molar refractivity (Wildman–Crippen MR) is 99.9 cm³/mol. The Morgan fingerprint density at radius 3 is 2.62 bits per heavy atom. The van der Waals surface area contributed by atoms with E-state index in [1.54, 1.807) is 17.4 Å². The van der Waals surface area contributed by atoms with Gasteiger partial charge in [0.15, 0.2) is 5.96 Å². The predicted octanol–water partition coefficient (Wildman–Crippen LogP) is 3.91. The number of hydrogen-bond donors (Lipinski definition) is 2. The molecule has 0 saturated heterocycles. The Labute approximate surface area is 158 Å². The molecule has 0 amide bonds. The highest BCUT2D eigenvalue weighted by Gasteiger charge is 2.31. The fourth-order valence-corrected chi connectivity index (χ4v) is 2.56. The molecule has 0 fully saturated rings. The smallest absolute Gasteiger partial charge is 0.405 e. The Bertz CT molecular complexity index is 648. The third-order valence-electron chi connectivity index (χ3n) is 2.88. The first-order valence-electron chi connectivity index (χ1n) is 6.84. The van der Waals surface area contributed by atoms with Gasteiger partial charge < -0.3 is 15.8 Å². The van der Waals surface area contributed by atoms with Crippen molar-refractivity contribution in [2.24, 2.45) is 10.7 Å². The molecule has 132 valence electrons. The normalized spacial score (nSPS) is 11.7. The first-order chi connectivity index (χ1) is 10.9. The summed E-state index contributed by atoms with van der Waals surface area (Å²) >= 11 is 1.65. The van der Waals surface area contributed by atoms with Crippen LogP contribution in [0.2, 0.25) is 0 Å². The highest BCUT2D eigenvalue weighted by Crippen LogP contribution is 2.26. The van der Waals surface area contributed by atoms with Crippen LogP contribution in [0, 0.1) is 0 Å². The minimum atomic E-state index is -4.73. The molecule has 2 rings (SSSR count). The molecule has 0 aliphatic carbocycles. The Morgan fingerprint density at radius 1 is 1.21 bits per heavy atom. The molecule has 1 aromatic heterocycles. The summed E-state index contributed by atoms with van der Waals surface area (Å²) in [5.41, 5.74) is 6.03. The SMILES string of the molecule is I.NC(=NCc1ccccc1OC(F)(F)F)NCCc1cccs1. The molecule has 0 bridgehead atoms. The number of hydrogen-bond acceptors (Lipinski definition) is 3. The van der Waals surface area contributed by atoms with Gasteiger partial charge in [-0.2, -0.15) is 0 Å². The number of thiophene rings is 1. The topological polar surface area (TPSA) is 59.6 Å². The van der Waals surface area contributed by atoms with Crippen molar-refractivity contribution < 1.29 is 17.9 Å². The van der Waals surface area contributed by atoms with Gasteiger partial charge in [0.05, 0.1) is 6.54 Å². The van der Waals surface area contributed by atoms with Crippen molar-refractivity contribution in [1.82, 2.24) is 5.32 Å². The largest absolute Gasteiger partial charge is 0.573 e. The van der Waals surface area contributed by atoms with Crippen LogP contribution in [0.4, 0.5) is 13.2 Å². The van der Waals surface area contributed by atoms with Crippen molar-refractivity contribution in [2.45, 2.75) is 19.3 Å². The zero-order chi connectivity index (χ0) is 16.7. The first kappa shape index (κ1) is 20.6. The lowest BCUT2D eigenvalue weighted by Crippen LogP contribution is -2.33. The molecule has 2 aromatic rings. The van der Waals surface area contributed by atoms with Gasteiger partial charge in [0.25, 0.3) is 0 Å². The van der Waals surface area contributed by atoms with Crippen LogP contribution in [0.5, 0.6) is 5.75 Å². The molecule has 0 unspecified atom stereocenters. The number of aliphatic imine (C=N–C) groups is 1. The second-order valence-corrected chi connectivity index (χ2v) is 5.65. The number of nitrogens with two attached hydrogens (primary N) is 1. The highest BCUT2D eigenvalue weighted by molar-refractivity contribution is 14.0. The summed E-state index contributed by atoms with van der Waals surface area (Å²) in [6.45, 7) is 0.612. The Hall–Kier alpha value is -1.49. The molecule has 0 saturated carbocycles. The molecular weight excluding hydrogens is 454 g/mol. The number of benzene rings is 1. The van der Waals surface area contributed by atoms with Gasteiger partial charge in [-0.15, -0.1) is 48.5 Å². The van der Waals surface area contributed by atoms with Gasteiger partial charge in [0, 0.05) is 17.0 Å². The van der Waals surface area contributed by atoms with Crippen LogP contribution in [0.15, 0.2) is 46.8 Å². The zero-order valence-electron chi connectivity index (χ0n) is 12.5. The van der Waals surface area contributed by atoms with Crippen molar-refractivity contribution >= 4 is 41.3 Å². The molecule has 1 heterocycles. The highest BCUT2D eigenvalue weighted by atomic mass is 127. The van der Waals surface area contributed by atoms with Crippen LogP contribution in [-0.4, -0.2) is 18.9 Å². The van der Waals surface area contributed by atoms with E-state index in [0.29, 0.717) is 12.1 Å². The fraction of sp³-hybridized carbons (Fsp3) is 0.267. The average molecular weight is 471 g/mol. The van der Waals surface area contributed by atoms with Crippen LogP contribution < -0.4 is 15.8 Å². The summed E-state index contributed by atoms with van der Waals surface area (Å²) < 4.78 is 40.9. The third-order valence-corrected chi connectivity index (χ3v) is 3.81. The molecule has 3 N–H and O–H groups in total. The van der Waals surface area contributed by atoms with Gasteiger partial charge in [-0.1, -0.05) is 24.3 Å². The van der Waals surface area contributed by atoms with Crippen LogP contribution in [0.1, 0.15) is 10.4 Å². The molecule has 1 aromatic carbocycles. The fourth-order valence-electron chi connectivity index (χ4n) is 1.85. The van der Waals surface area contributed by atoms with Crippen molar-refractivity contribution in [3.05, 3.63) is 52.2 Å². The van der Waals surface area contributed by atoms with Crippen molar-refractivity contribution in [1.29, 1.82) is 0 Å². The number of halogens is 4.